The minimum absolute atomic E-state index is 0.125. The summed E-state index contributed by atoms with van der Waals surface area (Å²) in [6.45, 7) is 11.7. The molecule has 0 N–H and O–H groups in total. The van der Waals surface area contributed by atoms with Gasteiger partial charge in [-0.05, 0) is 70.7 Å². The third kappa shape index (κ3) is 5.92. The second-order valence-electron chi connectivity index (χ2n) is 8.82. The maximum atomic E-state index is 13.0. The van der Waals surface area contributed by atoms with Gasteiger partial charge in [0.1, 0.15) is 11.5 Å². The van der Waals surface area contributed by atoms with Crippen LogP contribution in [0.15, 0.2) is 40.1 Å². The SMILES string of the molecule is CC(C)(C)CCN1CCCN(c2cccc(C(=O)c3cc(Br)cnc3N=O)n2)CC1. The van der Waals surface area contributed by atoms with Gasteiger partial charge in [0.15, 0.2) is 0 Å². The molecular weight excluding hydrogens is 446 g/mol. The van der Waals surface area contributed by atoms with E-state index in [0.29, 0.717) is 9.89 Å². The van der Waals surface area contributed by atoms with Gasteiger partial charge >= 0.3 is 0 Å². The molecule has 0 atom stereocenters. The van der Waals surface area contributed by atoms with Gasteiger partial charge in [-0.25, -0.2) is 9.97 Å². The van der Waals surface area contributed by atoms with Crippen LogP contribution in [-0.4, -0.2) is 53.4 Å². The lowest BCUT2D eigenvalue weighted by Crippen LogP contribution is -2.33. The van der Waals surface area contributed by atoms with Gasteiger partial charge in [-0.2, -0.15) is 0 Å². The van der Waals surface area contributed by atoms with Crippen LogP contribution < -0.4 is 4.90 Å². The van der Waals surface area contributed by atoms with Crippen LogP contribution in [0.5, 0.6) is 0 Å². The molecule has 3 rings (SSSR count). The van der Waals surface area contributed by atoms with Crippen molar-refractivity contribution in [3.8, 4) is 0 Å². The molecule has 2 aromatic rings. The third-order valence-electron chi connectivity index (χ3n) is 5.22. The average Bonchev–Trinajstić information content (AvgIpc) is 2.97. The Balaban J connectivity index is 1.73. The summed E-state index contributed by atoms with van der Waals surface area (Å²) in [7, 11) is 0. The first-order chi connectivity index (χ1) is 14.3. The molecule has 0 radical (unpaired) electrons. The number of rotatable bonds is 6. The summed E-state index contributed by atoms with van der Waals surface area (Å²) >= 11 is 3.29. The highest BCUT2D eigenvalue weighted by atomic mass is 79.9. The molecule has 0 bridgehead atoms. The Bertz CT molecular complexity index is 913. The lowest BCUT2D eigenvalue weighted by Gasteiger charge is -2.26. The zero-order chi connectivity index (χ0) is 21.7. The van der Waals surface area contributed by atoms with Crippen molar-refractivity contribution in [1.29, 1.82) is 0 Å². The van der Waals surface area contributed by atoms with Gasteiger partial charge in [-0.3, -0.25) is 4.79 Å². The van der Waals surface area contributed by atoms with E-state index in [1.54, 1.807) is 12.1 Å². The number of hydrogen-bond donors (Lipinski definition) is 0. The van der Waals surface area contributed by atoms with Crippen molar-refractivity contribution in [3.05, 3.63) is 51.1 Å². The van der Waals surface area contributed by atoms with E-state index in [1.165, 1.54) is 12.6 Å². The van der Waals surface area contributed by atoms with Crippen LogP contribution in [0.2, 0.25) is 0 Å². The fourth-order valence-electron chi connectivity index (χ4n) is 3.45. The van der Waals surface area contributed by atoms with Gasteiger partial charge in [0, 0.05) is 30.3 Å². The van der Waals surface area contributed by atoms with Gasteiger partial charge in [0.25, 0.3) is 0 Å². The molecule has 0 saturated carbocycles. The molecule has 0 unspecified atom stereocenters. The van der Waals surface area contributed by atoms with Crippen molar-refractivity contribution < 1.29 is 4.79 Å². The lowest BCUT2D eigenvalue weighted by molar-refractivity contribution is 0.103. The Morgan fingerprint density at radius 2 is 2.00 bits per heavy atom. The number of anilines is 1. The molecule has 3 heterocycles. The molecule has 1 aliphatic rings. The summed E-state index contributed by atoms with van der Waals surface area (Å²) in [5.74, 6) is 0.295. The first-order valence-corrected chi connectivity index (χ1v) is 11.0. The average molecular weight is 474 g/mol. The van der Waals surface area contributed by atoms with Crippen LogP contribution >= 0.6 is 15.9 Å². The molecule has 30 heavy (non-hydrogen) atoms. The van der Waals surface area contributed by atoms with Crippen LogP contribution in [0.4, 0.5) is 11.6 Å². The molecule has 0 aromatic carbocycles. The largest absolute Gasteiger partial charge is 0.355 e. The highest BCUT2D eigenvalue weighted by molar-refractivity contribution is 9.10. The van der Waals surface area contributed by atoms with Gasteiger partial charge in [0.05, 0.1) is 5.56 Å². The monoisotopic (exact) mass is 473 g/mol. The number of aromatic nitrogens is 2. The zero-order valence-electron chi connectivity index (χ0n) is 17.8. The molecule has 0 amide bonds. The van der Waals surface area contributed by atoms with Crippen molar-refractivity contribution in [2.75, 3.05) is 37.6 Å². The molecular formula is C22H28BrN5O2. The van der Waals surface area contributed by atoms with E-state index in [-0.39, 0.29) is 22.9 Å². The van der Waals surface area contributed by atoms with Crippen molar-refractivity contribution in [2.24, 2.45) is 10.6 Å². The van der Waals surface area contributed by atoms with E-state index >= 15 is 0 Å². The Labute approximate surface area is 186 Å². The second kappa shape index (κ2) is 9.75. The van der Waals surface area contributed by atoms with E-state index in [2.05, 4.69) is 61.6 Å². The molecule has 1 aliphatic heterocycles. The van der Waals surface area contributed by atoms with Gasteiger partial charge in [0.2, 0.25) is 11.6 Å². The van der Waals surface area contributed by atoms with Gasteiger partial charge in [-0.1, -0.05) is 26.8 Å². The van der Waals surface area contributed by atoms with Crippen molar-refractivity contribution in [2.45, 2.75) is 33.6 Å². The number of nitroso groups, excluding NO2 is 1. The van der Waals surface area contributed by atoms with E-state index < -0.39 is 0 Å². The highest BCUT2D eigenvalue weighted by Gasteiger charge is 2.21. The molecule has 160 valence electrons. The summed E-state index contributed by atoms with van der Waals surface area (Å²) in [6, 6.07) is 6.98. The smallest absolute Gasteiger partial charge is 0.215 e. The Kier molecular flexibility index (Phi) is 7.31. The van der Waals surface area contributed by atoms with Crippen molar-refractivity contribution in [1.82, 2.24) is 14.9 Å². The third-order valence-corrected chi connectivity index (χ3v) is 5.66. The number of hydrogen-bond acceptors (Lipinski definition) is 7. The molecule has 0 aliphatic carbocycles. The molecule has 8 heteroatoms. The number of halogens is 1. The van der Waals surface area contributed by atoms with Crippen molar-refractivity contribution in [3.63, 3.8) is 0 Å². The highest BCUT2D eigenvalue weighted by Crippen LogP contribution is 2.24. The fraction of sp³-hybridized carbons (Fsp3) is 0.500. The number of pyridine rings is 2. The van der Waals surface area contributed by atoms with E-state index in [4.69, 9.17) is 0 Å². The molecule has 7 nitrogen and oxygen atoms in total. The molecule has 1 fully saturated rings. The lowest BCUT2D eigenvalue weighted by atomic mass is 9.92. The van der Waals surface area contributed by atoms with Crippen LogP contribution in [0, 0.1) is 10.3 Å². The number of ketones is 1. The number of carbonyl (C=O) groups is 1. The predicted molar refractivity (Wildman–Crippen MR) is 122 cm³/mol. The summed E-state index contributed by atoms with van der Waals surface area (Å²) < 4.78 is 0.609. The molecule has 1 saturated heterocycles. The maximum Gasteiger partial charge on any atom is 0.215 e. The summed E-state index contributed by atoms with van der Waals surface area (Å²) in [6.07, 6.45) is 3.67. The Hall–Kier alpha value is -2.19. The van der Waals surface area contributed by atoms with Crippen LogP contribution in [0.3, 0.4) is 0 Å². The zero-order valence-corrected chi connectivity index (χ0v) is 19.4. The molecule has 2 aromatic heterocycles. The first-order valence-electron chi connectivity index (χ1n) is 10.2. The standard InChI is InChI=1S/C22H28BrN5O2/c1-22(2,3)8-11-27-9-5-10-28(13-12-27)19-7-4-6-18(25-19)20(29)17-14-16(23)15-24-21(17)26-30/h4,6-7,14-15H,5,8-13H2,1-3H3. The summed E-state index contributed by atoms with van der Waals surface area (Å²) in [4.78, 5) is 37.3. The van der Waals surface area contributed by atoms with Crippen LogP contribution in [0.1, 0.15) is 49.7 Å². The van der Waals surface area contributed by atoms with Gasteiger partial charge in [-0.15, -0.1) is 4.91 Å². The quantitative estimate of drug-likeness (QED) is 0.442. The maximum absolute atomic E-state index is 13.0. The Morgan fingerprint density at radius 3 is 2.73 bits per heavy atom. The van der Waals surface area contributed by atoms with E-state index in [9.17, 15) is 9.70 Å². The van der Waals surface area contributed by atoms with Crippen LogP contribution in [-0.2, 0) is 0 Å². The van der Waals surface area contributed by atoms with E-state index in [0.717, 1.165) is 45.0 Å². The molecule has 0 spiro atoms. The van der Waals surface area contributed by atoms with Crippen LogP contribution in [0.25, 0.3) is 0 Å². The second-order valence-corrected chi connectivity index (χ2v) is 9.73. The fourth-order valence-corrected chi connectivity index (χ4v) is 3.78. The predicted octanol–water partition coefficient (Wildman–Crippen LogP) is 4.82. The van der Waals surface area contributed by atoms with E-state index in [1.807, 2.05) is 12.1 Å². The van der Waals surface area contributed by atoms with Crippen molar-refractivity contribution >= 4 is 33.3 Å². The minimum Gasteiger partial charge on any atom is -0.355 e. The summed E-state index contributed by atoms with van der Waals surface area (Å²) in [5, 5.41) is 2.88. The Morgan fingerprint density at radius 1 is 1.20 bits per heavy atom. The van der Waals surface area contributed by atoms with Gasteiger partial charge < -0.3 is 9.80 Å². The first kappa shape index (κ1) is 22.5. The topological polar surface area (TPSA) is 78.8 Å². The summed E-state index contributed by atoms with van der Waals surface area (Å²) in [5.41, 5.74) is 0.762. The number of carbonyl (C=O) groups excluding carboxylic acids is 1. The number of nitrogens with zero attached hydrogens (tertiary/aromatic N) is 5. The minimum atomic E-state index is -0.359. The normalized spacial score (nSPS) is 15.7.